The number of aliphatic imine (C=N–C) groups is 1. The van der Waals surface area contributed by atoms with Gasteiger partial charge in [-0.25, -0.2) is 0 Å². The average Bonchev–Trinajstić information content (AvgIpc) is 3.13. The van der Waals surface area contributed by atoms with E-state index in [-0.39, 0.29) is 47.5 Å². The molecule has 1 aromatic carbocycles. The quantitative estimate of drug-likeness (QED) is 0.246. The van der Waals surface area contributed by atoms with E-state index in [1.807, 2.05) is 0 Å². The topological polar surface area (TPSA) is 84.3 Å². The van der Waals surface area contributed by atoms with Gasteiger partial charge in [0.2, 0.25) is 0 Å². The molecule has 0 aromatic heterocycles. The first-order valence-electron chi connectivity index (χ1n) is 9.27. The molecule has 0 aliphatic carbocycles. The van der Waals surface area contributed by atoms with E-state index >= 15 is 0 Å². The van der Waals surface area contributed by atoms with Gasteiger partial charge < -0.3 is 30.0 Å². The van der Waals surface area contributed by atoms with E-state index < -0.39 is 6.61 Å². The minimum absolute atomic E-state index is 0. The summed E-state index contributed by atoms with van der Waals surface area (Å²) in [7, 11) is 3.09. The summed E-state index contributed by atoms with van der Waals surface area (Å²) in [6.07, 6.45) is 2.17. The molecule has 7 nitrogen and oxygen atoms in total. The Kier molecular flexibility index (Phi) is 11.5. The van der Waals surface area contributed by atoms with Crippen LogP contribution >= 0.6 is 24.0 Å². The standard InChI is InChI=1S/C19H29F2N3O4.HI/c1-22-18(24-12-19(6-9-25)7-10-27-13-19)23-8-5-14-3-4-15(26-2)16(11-14)28-17(20)21;/h3-4,11,17,25H,5-10,12-13H2,1-2H3,(H2,22,23,24);1H. The summed E-state index contributed by atoms with van der Waals surface area (Å²) in [5.41, 5.74) is 0.754. The summed E-state index contributed by atoms with van der Waals surface area (Å²) in [4.78, 5) is 4.20. The maximum atomic E-state index is 12.5. The third kappa shape index (κ3) is 8.09. The van der Waals surface area contributed by atoms with Crippen LogP contribution < -0.4 is 20.1 Å². The second-order valence-electron chi connectivity index (χ2n) is 6.74. The number of alkyl halides is 2. The molecule has 166 valence electrons. The van der Waals surface area contributed by atoms with Crippen molar-refractivity contribution in [1.29, 1.82) is 0 Å². The number of benzene rings is 1. The van der Waals surface area contributed by atoms with E-state index in [4.69, 9.17) is 9.47 Å². The number of hydrogen-bond acceptors (Lipinski definition) is 5. The Labute approximate surface area is 187 Å². The van der Waals surface area contributed by atoms with Crippen LogP contribution in [0.4, 0.5) is 8.78 Å². The molecule has 0 amide bonds. The van der Waals surface area contributed by atoms with Crippen molar-refractivity contribution in [2.45, 2.75) is 25.9 Å². The van der Waals surface area contributed by atoms with Crippen LogP contribution in [0, 0.1) is 5.41 Å². The van der Waals surface area contributed by atoms with Gasteiger partial charge in [-0.15, -0.1) is 24.0 Å². The van der Waals surface area contributed by atoms with Gasteiger partial charge in [-0.1, -0.05) is 6.07 Å². The molecule has 1 saturated heterocycles. The van der Waals surface area contributed by atoms with Crippen molar-refractivity contribution in [1.82, 2.24) is 10.6 Å². The molecule has 3 N–H and O–H groups in total. The fraction of sp³-hybridized carbons (Fsp3) is 0.632. The van der Waals surface area contributed by atoms with Crippen molar-refractivity contribution in [3.05, 3.63) is 23.8 Å². The SMILES string of the molecule is CN=C(NCCc1ccc(OC)c(OC(F)F)c1)NCC1(CCO)CCOC1.I. The number of hydrogen-bond donors (Lipinski definition) is 3. The third-order valence-corrected chi connectivity index (χ3v) is 4.83. The lowest BCUT2D eigenvalue weighted by Gasteiger charge is -2.27. The number of ether oxygens (including phenoxy) is 3. The first-order valence-corrected chi connectivity index (χ1v) is 9.27. The van der Waals surface area contributed by atoms with Crippen LogP contribution in [0.3, 0.4) is 0 Å². The lowest BCUT2D eigenvalue weighted by molar-refractivity contribution is -0.0512. The van der Waals surface area contributed by atoms with Crippen molar-refractivity contribution >= 4 is 29.9 Å². The Morgan fingerprint density at radius 1 is 1.34 bits per heavy atom. The van der Waals surface area contributed by atoms with Crippen molar-refractivity contribution in [2.24, 2.45) is 10.4 Å². The zero-order chi connectivity index (χ0) is 20.4. The third-order valence-electron chi connectivity index (χ3n) is 4.83. The predicted molar refractivity (Wildman–Crippen MR) is 118 cm³/mol. The number of rotatable bonds is 10. The summed E-state index contributed by atoms with van der Waals surface area (Å²) in [5, 5.41) is 15.8. The summed E-state index contributed by atoms with van der Waals surface area (Å²) in [5.74, 6) is 0.925. The van der Waals surface area contributed by atoms with Gasteiger partial charge in [0.15, 0.2) is 17.5 Å². The molecule has 0 radical (unpaired) electrons. The van der Waals surface area contributed by atoms with Crippen LogP contribution in [-0.4, -0.2) is 64.7 Å². The molecule has 1 fully saturated rings. The van der Waals surface area contributed by atoms with Crippen LogP contribution in [0.2, 0.25) is 0 Å². The molecule has 2 rings (SSSR count). The van der Waals surface area contributed by atoms with E-state index in [0.29, 0.717) is 45.1 Å². The van der Waals surface area contributed by atoms with Crippen LogP contribution in [0.15, 0.2) is 23.2 Å². The number of aliphatic hydroxyl groups is 1. The number of aliphatic hydroxyl groups excluding tert-OH is 1. The van der Waals surface area contributed by atoms with Gasteiger partial charge in [-0.05, 0) is 37.0 Å². The van der Waals surface area contributed by atoms with Gasteiger partial charge in [-0.3, -0.25) is 4.99 Å². The molecule has 1 aliphatic heterocycles. The Morgan fingerprint density at radius 3 is 2.72 bits per heavy atom. The molecule has 0 bridgehead atoms. The first-order chi connectivity index (χ1) is 13.5. The molecule has 0 spiro atoms. The summed E-state index contributed by atoms with van der Waals surface area (Å²) in [6.45, 7) is -0.246. The van der Waals surface area contributed by atoms with Crippen molar-refractivity contribution in [2.75, 3.05) is 47.1 Å². The Morgan fingerprint density at radius 2 is 2.14 bits per heavy atom. The molecule has 10 heteroatoms. The predicted octanol–water partition coefficient (Wildman–Crippen LogP) is 2.41. The van der Waals surface area contributed by atoms with Gasteiger partial charge in [0.05, 0.1) is 13.7 Å². The summed E-state index contributed by atoms with van der Waals surface area (Å²) < 4.78 is 40.1. The maximum Gasteiger partial charge on any atom is 0.387 e. The van der Waals surface area contributed by atoms with E-state index in [1.54, 1.807) is 25.2 Å². The Balaban J connectivity index is 0.00000420. The van der Waals surface area contributed by atoms with E-state index in [9.17, 15) is 13.9 Å². The van der Waals surface area contributed by atoms with Crippen LogP contribution in [0.1, 0.15) is 18.4 Å². The molecular formula is C19H30F2IN3O4. The second-order valence-corrected chi connectivity index (χ2v) is 6.74. The molecule has 29 heavy (non-hydrogen) atoms. The first kappa shape index (κ1) is 25.6. The summed E-state index contributed by atoms with van der Waals surface area (Å²) in [6, 6.07) is 4.97. The fourth-order valence-corrected chi connectivity index (χ4v) is 3.19. The minimum atomic E-state index is -2.91. The van der Waals surface area contributed by atoms with Crippen molar-refractivity contribution < 1.29 is 28.1 Å². The molecule has 1 atom stereocenters. The summed E-state index contributed by atoms with van der Waals surface area (Å²) >= 11 is 0. The molecule has 0 saturated carbocycles. The van der Waals surface area contributed by atoms with E-state index in [2.05, 4.69) is 20.4 Å². The lowest BCUT2D eigenvalue weighted by atomic mass is 9.84. The highest BCUT2D eigenvalue weighted by atomic mass is 127. The van der Waals surface area contributed by atoms with Gasteiger partial charge in [0, 0.05) is 38.8 Å². The zero-order valence-corrected chi connectivity index (χ0v) is 19.1. The normalized spacial score (nSPS) is 19.0. The van der Waals surface area contributed by atoms with Crippen LogP contribution in [-0.2, 0) is 11.2 Å². The number of methoxy groups -OCH3 is 1. The number of guanidine groups is 1. The highest BCUT2D eigenvalue weighted by molar-refractivity contribution is 14.0. The average molecular weight is 529 g/mol. The smallest absolute Gasteiger partial charge is 0.387 e. The van der Waals surface area contributed by atoms with E-state index in [1.165, 1.54) is 7.11 Å². The van der Waals surface area contributed by atoms with Gasteiger partial charge in [0.25, 0.3) is 0 Å². The fourth-order valence-electron chi connectivity index (χ4n) is 3.19. The van der Waals surface area contributed by atoms with Crippen LogP contribution in [0.5, 0.6) is 11.5 Å². The van der Waals surface area contributed by atoms with E-state index in [0.717, 1.165) is 12.0 Å². The van der Waals surface area contributed by atoms with Crippen molar-refractivity contribution in [3.8, 4) is 11.5 Å². The largest absolute Gasteiger partial charge is 0.493 e. The molecule has 1 aliphatic rings. The highest BCUT2D eigenvalue weighted by Crippen LogP contribution is 2.31. The van der Waals surface area contributed by atoms with Crippen LogP contribution in [0.25, 0.3) is 0 Å². The Hall–Kier alpha value is -1.40. The lowest BCUT2D eigenvalue weighted by Crippen LogP contribution is -2.45. The number of halogens is 3. The minimum Gasteiger partial charge on any atom is -0.493 e. The molecule has 1 unspecified atom stereocenters. The maximum absolute atomic E-state index is 12.5. The monoisotopic (exact) mass is 529 g/mol. The second kappa shape index (κ2) is 13.0. The molecule has 1 aromatic rings. The van der Waals surface area contributed by atoms with Gasteiger partial charge in [-0.2, -0.15) is 8.78 Å². The molecule has 1 heterocycles. The van der Waals surface area contributed by atoms with Gasteiger partial charge >= 0.3 is 6.61 Å². The zero-order valence-electron chi connectivity index (χ0n) is 16.7. The Bertz CT molecular complexity index is 644. The van der Waals surface area contributed by atoms with Crippen molar-refractivity contribution in [3.63, 3.8) is 0 Å². The highest BCUT2D eigenvalue weighted by Gasteiger charge is 2.34. The molecular weight excluding hydrogens is 499 g/mol. The van der Waals surface area contributed by atoms with Gasteiger partial charge in [0.1, 0.15) is 0 Å². The number of nitrogens with zero attached hydrogens (tertiary/aromatic N) is 1. The number of nitrogens with one attached hydrogen (secondary N) is 2.